The van der Waals surface area contributed by atoms with Crippen molar-refractivity contribution in [2.75, 3.05) is 38.3 Å². The molecule has 2 aliphatic rings. The number of hydrogen-bond donors (Lipinski definition) is 2. The third-order valence-electron chi connectivity index (χ3n) is 6.88. The zero-order chi connectivity index (χ0) is 27.4. The first-order chi connectivity index (χ1) is 18.8. The first kappa shape index (κ1) is 26.9. The summed E-state index contributed by atoms with van der Waals surface area (Å²) in [6, 6.07) is 15.2. The molecular weight excluding hydrogens is 496 g/mol. The Morgan fingerprint density at radius 3 is 2.31 bits per heavy atom. The van der Waals surface area contributed by atoms with Crippen LogP contribution < -0.4 is 5.32 Å². The molecule has 0 saturated carbocycles. The van der Waals surface area contributed by atoms with Gasteiger partial charge in [0.15, 0.2) is 0 Å². The Morgan fingerprint density at radius 1 is 0.974 bits per heavy atom. The van der Waals surface area contributed by atoms with Crippen LogP contribution in [0.1, 0.15) is 45.4 Å². The summed E-state index contributed by atoms with van der Waals surface area (Å²) in [6.07, 6.45) is 3.53. The maximum atomic E-state index is 13.0. The zero-order valence-corrected chi connectivity index (χ0v) is 22.7. The van der Waals surface area contributed by atoms with Gasteiger partial charge in [0.25, 0.3) is 0 Å². The fraction of sp³-hybridized carbons (Fsp3) is 0.433. The molecule has 0 spiro atoms. The second-order valence-electron chi connectivity index (χ2n) is 11.0. The van der Waals surface area contributed by atoms with E-state index in [1.54, 1.807) is 20.8 Å². The van der Waals surface area contributed by atoms with E-state index in [2.05, 4.69) is 39.6 Å². The summed E-state index contributed by atoms with van der Waals surface area (Å²) in [6.45, 7) is 7.76. The Balaban J connectivity index is 1.21. The molecule has 9 nitrogen and oxygen atoms in total. The SMILES string of the molecule is CC(C)(C)OC(=O)N1CCOCC1C(=O)Nc1ccc(-c2ccc(-c3cnc([C@H]4CCCOC4)[nH]3)cc2)cc1. The van der Waals surface area contributed by atoms with Crippen LogP contribution in [0.4, 0.5) is 10.5 Å². The minimum Gasteiger partial charge on any atom is -0.444 e. The average molecular weight is 533 g/mol. The molecule has 1 unspecified atom stereocenters. The molecule has 2 fully saturated rings. The Hall–Kier alpha value is -3.69. The second-order valence-corrected chi connectivity index (χ2v) is 11.0. The summed E-state index contributed by atoms with van der Waals surface area (Å²) in [5.74, 6) is 1.01. The van der Waals surface area contributed by atoms with Crippen molar-refractivity contribution >= 4 is 17.7 Å². The van der Waals surface area contributed by atoms with Gasteiger partial charge in [-0.25, -0.2) is 9.78 Å². The van der Waals surface area contributed by atoms with Crippen molar-refractivity contribution in [1.29, 1.82) is 0 Å². The van der Waals surface area contributed by atoms with Crippen molar-refractivity contribution in [3.05, 3.63) is 60.6 Å². The topological polar surface area (TPSA) is 106 Å². The van der Waals surface area contributed by atoms with Gasteiger partial charge in [0, 0.05) is 24.8 Å². The van der Waals surface area contributed by atoms with Crippen LogP contribution in [0.25, 0.3) is 22.4 Å². The van der Waals surface area contributed by atoms with Crippen LogP contribution >= 0.6 is 0 Å². The number of H-pyrrole nitrogens is 1. The highest BCUT2D eigenvalue weighted by atomic mass is 16.6. The van der Waals surface area contributed by atoms with E-state index in [4.69, 9.17) is 14.2 Å². The number of carbonyl (C=O) groups is 2. The van der Waals surface area contributed by atoms with Crippen LogP contribution in [0.5, 0.6) is 0 Å². The summed E-state index contributed by atoms with van der Waals surface area (Å²) in [5.41, 5.74) is 4.16. The van der Waals surface area contributed by atoms with E-state index in [0.29, 0.717) is 24.8 Å². The Bertz CT molecular complexity index is 1270. The van der Waals surface area contributed by atoms with Crippen LogP contribution in [0.2, 0.25) is 0 Å². The number of hydrogen-bond acceptors (Lipinski definition) is 6. The highest BCUT2D eigenvalue weighted by Crippen LogP contribution is 2.28. The zero-order valence-electron chi connectivity index (χ0n) is 22.7. The fourth-order valence-electron chi connectivity index (χ4n) is 4.82. The molecule has 1 aromatic heterocycles. The lowest BCUT2D eigenvalue weighted by molar-refractivity contribution is -0.127. The average Bonchev–Trinajstić information content (AvgIpc) is 3.44. The fourth-order valence-corrected chi connectivity index (χ4v) is 4.82. The Morgan fingerprint density at radius 2 is 1.64 bits per heavy atom. The Labute approximate surface area is 228 Å². The number of ether oxygens (including phenoxy) is 3. The van der Waals surface area contributed by atoms with Gasteiger partial charge < -0.3 is 24.5 Å². The maximum absolute atomic E-state index is 13.0. The third-order valence-corrected chi connectivity index (χ3v) is 6.88. The van der Waals surface area contributed by atoms with Crippen molar-refractivity contribution in [2.45, 2.75) is 51.2 Å². The molecule has 39 heavy (non-hydrogen) atoms. The smallest absolute Gasteiger partial charge is 0.411 e. The van der Waals surface area contributed by atoms with Crippen LogP contribution in [-0.2, 0) is 19.0 Å². The first-order valence-corrected chi connectivity index (χ1v) is 13.5. The lowest BCUT2D eigenvalue weighted by Gasteiger charge is -2.35. The molecule has 2 N–H and O–H groups in total. The molecule has 0 aliphatic carbocycles. The van der Waals surface area contributed by atoms with E-state index in [-0.39, 0.29) is 12.5 Å². The monoisotopic (exact) mass is 532 g/mol. The molecule has 2 aliphatic heterocycles. The summed E-state index contributed by atoms with van der Waals surface area (Å²) in [4.78, 5) is 35.1. The number of imidazole rings is 1. The van der Waals surface area contributed by atoms with E-state index in [1.165, 1.54) is 4.90 Å². The number of carbonyl (C=O) groups excluding carboxylic acids is 2. The van der Waals surface area contributed by atoms with Gasteiger partial charge in [-0.3, -0.25) is 9.69 Å². The molecule has 3 heterocycles. The molecule has 0 bridgehead atoms. The lowest BCUT2D eigenvalue weighted by atomic mass is 10.0. The highest BCUT2D eigenvalue weighted by molar-refractivity contribution is 5.97. The minimum absolute atomic E-state index is 0.127. The third kappa shape index (κ3) is 6.66. The van der Waals surface area contributed by atoms with Gasteiger partial charge in [0.2, 0.25) is 5.91 Å². The van der Waals surface area contributed by atoms with Crippen molar-refractivity contribution in [3.8, 4) is 22.4 Å². The molecular formula is C30H36N4O5. The van der Waals surface area contributed by atoms with Gasteiger partial charge in [-0.15, -0.1) is 0 Å². The van der Waals surface area contributed by atoms with E-state index in [9.17, 15) is 9.59 Å². The van der Waals surface area contributed by atoms with Gasteiger partial charge in [-0.1, -0.05) is 36.4 Å². The van der Waals surface area contributed by atoms with E-state index >= 15 is 0 Å². The number of nitrogens with zero attached hydrogens (tertiary/aromatic N) is 2. The number of amides is 2. The van der Waals surface area contributed by atoms with E-state index in [0.717, 1.165) is 54.3 Å². The van der Waals surface area contributed by atoms with Crippen LogP contribution in [0.3, 0.4) is 0 Å². The summed E-state index contributed by atoms with van der Waals surface area (Å²) in [5, 5.41) is 2.91. The molecule has 9 heteroatoms. The molecule has 2 aromatic carbocycles. The number of aromatic nitrogens is 2. The van der Waals surface area contributed by atoms with Gasteiger partial charge in [0.1, 0.15) is 17.5 Å². The molecule has 0 radical (unpaired) electrons. The van der Waals surface area contributed by atoms with E-state index < -0.39 is 17.7 Å². The number of morpholine rings is 1. The number of benzene rings is 2. The summed E-state index contributed by atoms with van der Waals surface area (Å²) < 4.78 is 16.6. The number of rotatable bonds is 5. The van der Waals surface area contributed by atoms with Crippen molar-refractivity contribution < 1.29 is 23.8 Å². The predicted octanol–water partition coefficient (Wildman–Crippen LogP) is 5.21. The quantitative estimate of drug-likeness (QED) is 0.467. The number of anilines is 1. The van der Waals surface area contributed by atoms with Crippen molar-refractivity contribution in [3.63, 3.8) is 0 Å². The summed E-state index contributed by atoms with van der Waals surface area (Å²) in [7, 11) is 0. The minimum atomic E-state index is -0.755. The lowest BCUT2D eigenvalue weighted by Crippen LogP contribution is -2.55. The highest BCUT2D eigenvalue weighted by Gasteiger charge is 2.35. The normalized spacial score (nSPS) is 19.9. The van der Waals surface area contributed by atoms with Gasteiger partial charge in [-0.05, 0) is 62.4 Å². The van der Waals surface area contributed by atoms with Gasteiger partial charge in [0.05, 0.1) is 31.7 Å². The first-order valence-electron chi connectivity index (χ1n) is 13.5. The standard InChI is InChI=1S/C30H36N4O5/c1-30(2,3)39-29(36)34-14-16-38-19-26(34)28(35)32-24-12-10-21(11-13-24)20-6-8-22(9-7-20)25-17-31-27(33-25)23-5-4-15-37-18-23/h6-13,17,23,26H,4-5,14-16,18-19H2,1-3H3,(H,31,33)(H,32,35)/t23-,26?/m0/s1. The van der Waals surface area contributed by atoms with Crippen LogP contribution in [0, 0.1) is 0 Å². The number of nitrogens with one attached hydrogen (secondary N) is 2. The van der Waals surface area contributed by atoms with Gasteiger partial charge in [-0.2, -0.15) is 0 Å². The molecule has 2 saturated heterocycles. The Kier molecular flexibility index (Phi) is 7.99. The van der Waals surface area contributed by atoms with Crippen LogP contribution in [-0.4, -0.2) is 71.5 Å². The van der Waals surface area contributed by atoms with Crippen LogP contribution in [0.15, 0.2) is 54.7 Å². The van der Waals surface area contributed by atoms with Crippen molar-refractivity contribution in [1.82, 2.24) is 14.9 Å². The van der Waals surface area contributed by atoms with Crippen molar-refractivity contribution in [2.24, 2.45) is 0 Å². The largest absolute Gasteiger partial charge is 0.444 e. The summed E-state index contributed by atoms with van der Waals surface area (Å²) >= 11 is 0. The van der Waals surface area contributed by atoms with E-state index in [1.807, 2.05) is 30.5 Å². The predicted molar refractivity (Wildman–Crippen MR) is 148 cm³/mol. The molecule has 2 atom stereocenters. The molecule has 2 amide bonds. The van der Waals surface area contributed by atoms with Gasteiger partial charge >= 0.3 is 6.09 Å². The molecule has 5 rings (SSSR count). The molecule has 3 aromatic rings. The second kappa shape index (κ2) is 11.6. The maximum Gasteiger partial charge on any atom is 0.411 e. The molecule has 206 valence electrons. The number of aromatic amines is 1.